The predicted octanol–water partition coefficient (Wildman–Crippen LogP) is 9.44. The van der Waals surface area contributed by atoms with Crippen LogP contribution in [-0.2, 0) is 15.4 Å². The third-order valence-electron chi connectivity index (χ3n) is 5.33. The van der Waals surface area contributed by atoms with Gasteiger partial charge in [0.2, 0.25) is 0 Å². The molecule has 1 aromatic heterocycles. The second-order valence-corrected chi connectivity index (χ2v) is 9.88. The Kier molecular flexibility index (Phi) is 10.3. The fourth-order valence-corrected chi connectivity index (χ4v) is 3.84. The molecule has 0 unspecified atom stereocenters. The summed E-state index contributed by atoms with van der Waals surface area (Å²) in [6.07, 6.45) is -28.1. The molecule has 252 valence electrons. The maximum absolute atomic E-state index is 14.6. The van der Waals surface area contributed by atoms with Crippen LogP contribution in [0, 0.1) is 0 Å². The minimum absolute atomic E-state index is 0.0690. The van der Waals surface area contributed by atoms with Crippen molar-refractivity contribution in [2.24, 2.45) is 0 Å². The normalized spacial score (nSPS) is 13.5. The van der Waals surface area contributed by atoms with Crippen molar-refractivity contribution in [3.63, 3.8) is 0 Å². The van der Waals surface area contributed by atoms with E-state index in [1.165, 1.54) is 24.3 Å². The number of amides is 1. The number of thiocarbonyl (C=S) groups is 1. The van der Waals surface area contributed by atoms with E-state index in [2.05, 4.69) is 10.1 Å². The Morgan fingerprint density at radius 3 is 1.98 bits per heavy atom. The molecule has 1 heterocycles. The maximum Gasteiger partial charge on any atom is 0.527 e. The summed E-state index contributed by atoms with van der Waals surface area (Å²) in [5.41, 5.74) is -2.35. The lowest BCUT2D eigenvalue weighted by Crippen LogP contribution is -2.61. The van der Waals surface area contributed by atoms with E-state index >= 15 is 0 Å². The van der Waals surface area contributed by atoms with E-state index in [4.69, 9.17) is 39.8 Å². The van der Waals surface area contributed by atoms with Crippen LogP contribution < -0.4 is 10.6 Å². The lowest BCUT2D eigenvalue weighted by Gasteiger charge is -2.35. The Bertz CT molecular complexity index is 1620. The molecule has 0 saturated carbocycles. The maximum atomic E-state index is 14.6. The summed E-state index contributed by atoms with van der Waals surface area (Å²) in [6, 6.07) is 8.41. The molecule has 0 aliphatic carbocycles. The molecule has 46 heavy (non-hydrogen) atoms. The number of furan rings is 1. The third-order valence-corrected chi connectivity index (χ3v) is 6.10. The van der Waals surface area contributed by atoms with Gasteiger partial charge in [0.1, 0.15) is 5.76 Å². The molecule has 0 fully saturated rings. The largest absolute Gasteiger partial charge is 0.527 e. The van der Waals surface area contributed by atoms with Crippen LogP contribution in [0.25, 0.3) is 11.3 Å². The number of halogens is 15. The van der Waals surface area contributed by atoms with Crippen LogP contribution in [0.15, 0.2) is 59.0 Å². The second-order valence-electron chi connectivity index (χ2n) is 8.63. The standard InChI is InChI=1S/C24H11Cl2F13N2O4S/c25-11-4-5-14(26)13(9-11)15-6-7-16(43-15)17(42)41-18(46)40-12-3-1-2-10(8-12)19(27,28)21(31,32)44-22(33,34)20(29,30)23(35,36)45-24(37,38)39/h1-9H,(H2,40,41,42,46). The zero-order chi connectivity index (χ0) is 35.1. The van der Waals surface area contributed by atoms with Gasteiger partial charge >= 0.3 is 36.5 Å². The van der Waals surface area contributed by atoms with Crippen LogP contribution in [0.2, 0.25) is 10.0 Å². The van der Waals surface area contributed by atoms with Crippen molar-refractivity contribution in [2.75, 3.05) is 5.32 Å². The molecule has 0 spiro atoms. The van der Waals surface area contributed by atoms with Gasteiger partial charge in [-0.05, 0) is 54.7 Å². The van der Waals surface area contributed by atoms with Gasteiger partial charge in [-0.15, -0.1) is 13.2 Å². The molecule has 0 saturated heterocycles. The van der Waals surface area contributed by atoms with E-state index < -0.39 is 58.8 Å². The zero-order valence-corrected chi connectivity index (χ0v) is 23.7. The molecule has 0 bridgehead atoms. The molecule has 6 nitrogen and oxygen atoms in total. The summed E-state index contributed by atoms with van der Waals surface area (Å²) in [5.74, 6) is -14.9. The number of rotatable bonds is 10. The van der Waals surface area contributed by atoms with Crippen LogP contribution >= 0.6 is 35.4 Å². The van der Waals surface area contributed by atoms with Crippen LogP contribution in [-0.4, -0.2) is 41.6 Å². The summed E-state index contributed by atoms with van der Waals surface area (Å²) in [5, 5.41) is 3.89. The predicted molar refractivity (Wildman–Crippen MR) is 136 cm³/mol. The molecule has 22 heteroatoms. The van der Waals surface area contributed by atoms with E-state index in [0.717, 1.165) is 12.1 Å². The molecular formula is C24H11Cl2F13N2O4S. The van der Waals surface area contributed by atoms with Gasteiger partial charge in [0, 0.05) is 21.8 Å². The number of anilines is 1. The highest BCUT2D eigenvalue weighted by Gasteiger charge is 2.80. The smallest absolute Gasteiger partial charge is 0.451 e. The second kappa shape index (κ2) is 12.7. The summed E-state index contributed by atoms with van der Waals surface area (Å²) >= 11 is 16.8. The van der Waals surface area contributed by atoms with Gasteiger partial charge in [-0.25, -0.2) is 9.47 Å². The van der Waals surface area contributed by atoms with Gasteiger partial charge in [0.25, 0.3) is 5.91 Å². The minimum atomic E-state index is -7.56. The molecular weight excluding hydrogens is 730 g/mol. The van der Waals surface area contributed by atoms with E-state index in [0.29, 0.717) is 6.07 Å². The van der Waals surface area contributed by atoms with Crippen LogP contribution in [0.3, 0.4) is 0 Å². The van der Waals surface area contributed by atoms with Crippen LogP contribution in [0.5, 0.6) is 0 Å². The number of hydrogen-bond acceptors (Lipinski definition) is 5. The molecule has 0 atom stereocenters. The molecule has 3 aromatic rings. The van der Waals surface area contributed by atoms with Crippen molar-refractivity contribution in [3.05, 3.63) is 76.0 Å². The lowest BCUT2D eigenvalue weighted by molar-refractivity contribution is -0.535. The van der Waals surface area contributed by atoms with Crippen molar-refractivity contribution in [1.29, 1.82) is 0 Å². The quantitative estimate of drug-likeness (QED) is 0.160. The highest BCUT2D eigenvalue weighted by molar-refractivity contribution is 7.80. The van der Waals surface area contributed by atoms with Crippen LogP contribution in [0.1, 0.15) is 16.1 Å². The summed E-state index contributed by atoms with van der Waals surface area (Å²) < 4.78 is 183. The van der Waals surface area contributed by atoms with Gasteiger partial charge in [0.05, 0.1) is 5.02 Å². The Hall–Kier alpha value is -3.33. The van der Waals surface area contributed by atoms with Gasteiger partial charge in [-0.1, -0.05) is 35.3 Å². The number of benzene rings is 2. The van der Waals surface area contributed by atoms with E-state index in [1.807, 2.05) is 5.32 Å². The first-order chi connectivity index (χ1) is 20.8. The number of carbonyl (C=O) groups is 1. The Balaban J connectivity index is 1.75. The first-order valence-corrected chi connectivity index (χ1v) is 12.6. The Labute approximate surface area is 262 Å². The van der Waals surface area contributed by atoms with Crippen molar-refractivity contribution < 1.29 is 75.8 Å². The summed E-state index contributed by atoms with van der Waals surface area (Å²) in [7, 11) is 0. The Morgan fingerprint density at radius 1 is 0.761 bits per heavy atom. The van der Waals surface area contributed by atoms with Crippen molar-refractivity contribution in [1.82, 2.24) is 5.32 Å². The minimum Gasteiger partial charge on any atom is -0.451 e. The lowest BCUT2D eigenvalue weighted by atomic mass is 10.1. The molecule has 3 rings (SSSR count). The molecule has 0 aliphatic heterocycles. The number of nitrogens with one attached hydrogen (secondary N) is 2. The molecule has 0 aliphatic rings. The van der Waals surface area contributed by atoms with E-state index in [1.54, 1.807) is 4.74 Å². The first-order valence-electron chi connectivity index (χ1n) is 11.4. The summed E-state index contributed by atoms with van der Waals surface area (Å²) in [6.45, 7) is 0. The number of alkyl halides is 13. The highest BCUT2D eigenvalue weighted by Crippen LogP contribution is 2.54. The van der Waals surface area contributed by atoms with Crippen molar-refractivity contribution in [3.8, 4) is 11.3 Å². The third kappa shape index (κ3) is 7.96. The van der Waals surface area contributed by atoms with Crippen LogP contribution in [0.4, 0.5) is 62.8 Å². The van der Waals surface area contributed by atoms with E-state index in [-0.39, 0.29) is 39.3 Å². The summed E-state index contributed by atoms with van der Waals surface area (Å²) in [4.78, 5) is 12.5. The Morgan fingerprint density at radius 2 is 1.37 bits per heavy atom. The molecule has 2 N–H and O–H groups in total. The highest BCUT2D eigenvalue weighted by atomic mass is 35.5. The average molecular weight is 741 g/mol. The monoisotopic (exact) mass is 740 g/mol. The average Bonchev–Trinajstić information content (AvgIpc) is 3.38. The number of carbonyl (C=O) groups excluding carboxylic acids is 1. The van der Waals surface area contributed by atoms with Crippen molar-refractivity contribution >= 4 is 52.1 Å². The van der Waals surface area contributed by atoms with Gasteiger partial charge in [-0.2, -0.15) is 43.9 Å². The van der Waals surface area contributed by atoms with Gasteiger partial charge < -0.3 is 9.73 Å². The zero-order valence-electron chi connectivity index (χ0n) is 21.4. The number of hydrogen-bond donors (Lipinski definition) is 2. The molecule has 2 aromatic carbocycles. The number of ether oxygens (including phenoxy) is 2. The van der Waals surface area contributed by atoms with E-state index in [9.17, 15) is 61.9 Å². The fourth-order valence-electron chi connectivity index (χ4n) is 3.25. The van der Waals surface area contributed by atoms with Crippen molar-refractivity contribution in [2.45, 2.75) is 36.5 Å². The van der Waals surface area contributed by atoms with Gasteiger partial charge in [0.15, 0.2) is 10.9 Å². The molecule has 1 amide bonds. The molecule has 0 radical (unpaired) electrons. The van der Waals surface area contributed by atoms with Gasteiger partial charge in [-0.3, -0.25) is 10.1 Å². The topological polar surface area (TPSA) is 72.7 Å². The fraction of sp³-hybridized carbons (Fsp3) is 0.250. The first kappa shape index (κ1) is 37.1. The SMILES string of the molecule is O=C(NC(=S)Nc1cccc(C(F)(F)C(F)(F)OC(F)(F)C(F)(F)C(F)(F)OC(F)(F)F)c1)c1ccc(-c2cc(Cl)ccc2Cl)o1.